The van der Waals surface area contributed by atoms with Gasteiger partial charge in [-0.25, -0.2) is 0 Å². The minimum Gasteiger partial charge on any atom is -0.383 e. The molecule has 0 aliphatic carbocycles. The summed E-state index contributed by atoms with van der Waals surface area (Å²) in [6.45, 7) is 2.62. The van der Waals surface area contributed by atoms with Crippen LogP contribution in [0, 0.1) is 0 Å². The molecule has 4 heteroatoms. The third-order valence-electron chi connectivity index (χ3n) is 3.26. The third kappa shape index (κ3) is 5.02. The Labute approximate surface area is 133 Å². The summed E-state index contributed by atoms with van der Waals surface area (Å²) in [5.74, 6) is 0.485. The molecule has 0 aliphatic rings. The highest BCUT2D eigenvalue weighted by molar-refractivity contribution is 9.10. The fraction of sp³-hybridized carbons (Fsp3) is 0.375. The van der Waals surface area contributed by atoms with Crippen molar-refractivity contribution >= 4 is 27.3 Å². The van der Waals surface area contributed by atoms with Gasteiger partial charge in [-0.2, -0.15) is 11.3 Å². The molecule has 0 aliphatic heterocycles. The second-order valence-electron chi connectivity index (χ2n) is 4.78. The summed E-state index contributed by atoms with van der Waals surface area (Å²) < 4.78 is 6.23. The predicted molar refractivity (Wildman–Crippen MR) is 89.7 cm³/mol. The SMILES string of the molecule is COCCNCC(Cc1ccsc1)c1cccc(Br)c1. The Bertz CT molecular complexity index is 501. The number of nitrogens with one attached hydrogen (secondary N) is 1. The maximum atomic E-state index is 5.09. The number of rotatable bonds is 8. The van der Waals surface area contributed by atoms with Gasteiger partial charge in [-0.3, -0.25) is 0 Å². The lowest BCUT2D eigenvalue weighted by Crippen LogP contribution is -2.26. The lowest BCUT2D eigenvalue weighted by atomic mass is 9.93. The molecule has 1 aromatic carbocycles. The summed E-state index contributed by atoms with van der Waals surface area (Å²) in [6.07, 6.45) is 1.07. The summed E-state index contributed by atoms with van der Waals surface area (Å²) in [4.78, 5) is 0. The number of methoxy groups -OCH3 is 1. The van der Waals surface area contributed by atoms with E-state index >= 15 is 0 Å². The molecule has 1 atom stereocenters. The van der Waals surface area contributed by atoms with E-state index in [4.69, 9.17) is 4.74 Å². The minimum absolute atomic E-state index is 0.485. The molecule has 0 radical (unpaired) electrons. The summed E-state index contributed by atoms with van der Waals surface area (Å²) in [7, 11) is 1.73. The molecule has 2 nitrogen and oxygen atoms in total. The Kier molecular flexibility index (Phi) is 6.73. The zero-order chi connectivity index (χ0) is 14.2. The van der Waals surface area contributed by atoms with Crippen molar-refractivity contribution in [3.63, 3.8) is 0 Å². The van der Waals surface area contributed by atoms with E-state index < -0.39 is 0 Å². The summed E-state index contributed by atoms with van der Waals surface area (Å²) in [5.41, 5.74) is 2.78. The average molecular weight is 354 g/mol. The van der Waals surface area contributed by atoms with E-state index in [1.165, 1.54) is 11.1 Å². The molecule has 1 heterocycles. The first-order chi connectivity index (χ1) is 9.79. The highest BCUT2D eigenvalue weighted by Gasteiger charge is 2.13. The van der Waals surface area contributed by atoms with Crippen molar-refractivity contribution < 1.29 is 4.74 Å². The van der Waals surface area contributed by atoms with Crippen molar-refractivity contribution in [3.8, 4) is 0 Å². The van der Waals surface area contributed by atoms with Gasteiger partial charge in [0.05, 0.1) is 6.61 Å². The van der Waals surface area contributed by atoms with Crippen LogP contribution in [0.25, 0.3) is 0 Å². The van der Waals surface area contributed by atoms with Crippen LogP contribution in [0.5, 0.6) is 0 Å². The Morgan fingerprint density at radius 3 is 2.95 bits per heavy atom. The van der Waals surface area contributed by atoms with E-state index in [-0.39, 0.29) is 0 Å². The van der Waals surface area contributed by atoms with Crippen LogP contribution in [0.3, 0.4) is 0 Å². The molecule has 0 saturated heterocycles. The lowest BCUT2D eigenvalue weighted by Gasteiger charge is -2.18. The van der Waals surface area contributed by atoms with E-state index in [0.717, 1.165) is 30.6 Å². The van der Waals surface area contributed by atoms with E-state index in [0.29, 0.717) is 5.92 Å². The van der Waals surface area contributed by atoms with Crippen LogP contribution in [0.4, 0.5) is 0 Å². The van der Waals surface area contributed by atoms with Gasteiger partial charge in [0.25, 0.3) is 0 Å². The first-order valence-electron chi connectivity index (χ1n) is 6.76. The van der Waals surface area contributed by atoms with Crippen LogP contribution in [-0.4, -0.2) is 26.8 Å². The fourth-order valence-corrected chi connectivity index (χ4v) is 3.31. The summed E-state index contributed by atoms with van der Waals surface area (Å²) in [5, 5.41) is 7.86. The zero-order valence-corrected chi connectivity index (χ0v) is 14.0. The van der Waals surface area contributed by atoms with Gasteiger partial charge < -0.3 is 10.1 Å². The van der Waals surface area contributed by atoms with Crippen molar-refractivity contribution in [1.29, 1.82) is 0 Å². The van der Waals surface area contributed by atoms with Gasteiger partial charge in [0.1, 0.15) is 0 Å². The predicted octanol–water partition coefficient (Wildman–Crippen LogP) is 4.07. The molecule has 2 aromatic rings. The second-order valence-corrected chi connectivity index (χ2v) is 6.48. The van der Waals surface area contributed by atoms with Crippen LogP contribution in [0.15, 0.2) is 45.6 Å². The average Bonchev–Trinajstić information content (AvgIpc) is 2.95. The second kappa shape index (κ2) is 8.57. The molecular formula is C16H20BrNOS. The van der Waals surface area contributed by atoms with Crippen molar-refractivity contribution in [2.75, 3.05) is 26.8 Å². The van der Waals surface area contributed by atoms with Crippen LogP contribution in [-0.2, 0) is 11.2 Å². The Morgan fingerprint density at radius 2 is 2.25 bits per heavy atom. The maximum absolute atomic E-state index is 5.09. The summed E-state index contributed by atoms with van der Waals surface area (Å²) >= 11 is 5.33. The smallest absolute Gasteiger partial charge is 0.0587 e. The van der Waals surface area contributed by atoms with Crippen LogP contribution in [0.1, 0.15) is 17.0 Å². The Hall–Kier alpha value is -0.680. The van der Waals surface area contributed by atoms with Crippen molar-refractivity contribution in [1.82, 2.24) is 5.32 Å². The standard InChI is InChI=1S/C16H20BrNOS/c1-19-7-6-18-11-15(9-13-5-8-20-12-13)14-3-2-4-16(17)10-14/h2-5,8,10,12,15,18H,6-7,9,11H2,1H3. The van der Waals surface area contributed by atoms with E-state index in [1.807, 2.05) is 0 Å². The van der Waals surface area contributed by atoms with Gasteiger partial charge in [-0.05, 0) is 46.5 Å². The molecule has 0 amide bonds. The van der Waals surface area contributed by atoms with Gasteiger partial charge in [0.15, 0.2) is 0 Å². The van der Waals surface area contributed by atoms with Gasteiger partial charge in [-0.1, -0.05) is 28.1 Å². The van der Waals surface area contributed by atoms with E-state index in [9.17, 15) is 0 Å². The molecule has 0 saturated carbocycles. The molecule has 2 rings (SSSR count). The minimum atomic E-state index is 0.485. The monoisotopic (exact) mass is 353 g/mol. The van der Waals surface area contributed by atoms with Gasteiger partial charge >= 0.3 is 0 Å². The lowest BCUT2D eigenvalue weighted by molar-refractivity contribution is 0.199. The zero-order valence-electron chi connectivity index (χ0n) is 11.6. The highest BCUT2D eigenvalue weighted by Crippen LogP contribution is 2.24. The first kappa shape index (κ1) is 15.7. The summed E-state index contributed by atoms with van der Waals surface area (Å²) in [6, 6.07) is 10.8. The number of ether oxygens (including phenoxy) is 1. The Morgan fingerprint density at radius 1 is 1.35 bits per heavy atom. The molecule has 0 fully saturated rings. The normalized spacial score (nSPS) is 12.5. The fourth-order valence-electron chi connectivity index (χ4n) is 2.21. The molecule has 1 aromatic heterocycles. The third-order valence-corrected chi connectivity index (χ3v) is 4.48. The molecule has 0 bridgehead atoms. The van der Waals surface area contributed by atoms with Crippen LogP contribution in [0.2, 0.25) is 0 Å². The first-order valence-corrected chi connectivity index (χ1v) is 8.49. The number of hydrogen-bond acceptors (Lipinski definition) is 3. The van der Waals surface area contributed by atoms with Gasteiger partial charge in [0.2, 0.25) is 0 Å². The molecule has 0 spiro atoms. The van der Waals surface area contributed by atoms with E-state index in [2.05, 4.69) is 62.3 Å². The maximum Gasteiger partial charge on any atom is 0.0587 e. The molecule has 1 unspecified atom stereocenters. The molecule has 1 N–H and O–H groups in total. The van der Waals surface area contributed by atoms with Crippen LogP contribution >= 0.6 is 27.3 Å². The molecule has 20 heavy (non-hydrogen) atoms. The highest BCUT2D eigenvalue weighted by atomic mass is 79.9. The number of halogens is 1. The number of thiophene rings is 1. The Balaban J connectivity index is 2.03. The van der Waals surface area contributed by atoms with Crippen LogP contribution < -0.4 is 5.32 Å². The van der Waals surface area contributed by atoms with Crippen molar-refractivity contribution in [3.05, 3.63) is 56.7 Å². The van der Waals surface area contributed by atoms with E-state index in [1.54, 1.807) is 18.4 Å². The largest absolute Gasteiger partial charge is 0.383 e. The number of hydrogen-bond donors (Lipinski definition) is 1. The quantitative estimate of drug-likeness (QED) is 0.722. The van der Waals surface area contributed by atoms with Crippen molar-refractivity contribution in [2.24, 2.45) is 0 Å². The van der Waals surface area contributed by atoms with Gasteiger partial charge in [0, 0.05) is 30.6 Å². The number of benzene rings is 1. The molecular weight excluding hydrogens is 334 g/mol. The van der Waals surface area contributed by atoms with Gasteiger partial charge in [-0.15, -0.1) is 0 Å². The molecule has 108 valence electrons. The van der Waals surface area contributed by atoms with Crippen molar-refractivity contribution in [2.45, 2.75) is 12.3 Å². The topological polar surface area (TPSA) is 21.3 Å².